The molecule has 0 N–H and O–H groups in total. The summed E-state index contributed by atoms with van der Waals surface area (Å²) in [5.41, 5.74) is 0. The number of hydrogen-bond acceptors (Lipinski definition) is 2. The molecule has 0 radical (unpaired) electrons. The van der Waals surface area contributed by atoms with Crippen LogP contribution in [-0.4, -0.2) is 23.6 Å². The van der Waals surface area contributed by atoms with Crippen molar-refractivity contribution >= 4 is 5.91 Å². The fourth-order valence-electron chi connectivity index (χ4n) is 2.20. The fraction of sp³-hybridized carbons (Fsp3) is 0.917. The van der Waals surface area contributed by atoms with Crippen molar-refractivity contribution in [1.82, 2.24) is 0 Å². The maximum Gasteiger partial charge on any atom is 0.313 e. The molecule has 1 atom stereocenters. The van der Waals surface area contributed by atoms with Crippen LogP contribution in [0.3, 0.4) is 0 Å². The van der Waals surface area contributed by atoms with E-state index in [0.29, 0.717) is 19.5 Å². The number of hydroxylamine groups is 3. The standard InChI is InChI=1S/C12H23NO2/c1-2-3-4-5-6-7-10-13(15)11-8-9-12(13)14/h2-11H2,1H3. The first-order valence-corrected chi connectivity index (χ1v) is 6.30. The summed E-state index contributed by atoms with van der Waals surface area (Å²) in [5.74, 6) is -0.0939. The molecule has 1 rings (SSSR count). The molecule has 1 unspecified atom stereocenters. The van der Waals surface area contributed by atoms with Crippen LogP contribution in [0.15, 0.2) is 0 Å². The first kappa shape index (κ1) is 12.7. The van der Waals surface area contributed by atoms with Gasteiger partial charge in [-0.1, -0.05) is 32.6 Å². The summed E-state index contributed by atoms with van der Waals surface area (Å²) in [6.45, 7) is 3.24. The van der Waals surface area contributed by atoms with Crippen molar-refractivity contribution in [3.05, 3.63) is 5.21 Å². The predicted octanol–water partition coefficient (Wildman–Crippen LogP) is 2.98. The number of nitrogens with zero attached hydrogens (tertiary/aromatic N) is 1. The van der Waals surface area contributed by atoms with Gasteiger partial charge in [0.2, 0.25) is 0 Å². The lowest BCUT2D eigenvalue weighted by molar-refractivity contribution is -0.795. The number of rotatable bonds is 7. The van der Waals surface area contributed by atoms with Gasteiger partial charge in [-0.3, -0.25) is 4.65 Å². The molecule has 0 aliphatic carbocycles. The van der Waals surface area contributed by atoms with E-state index in [-0.39, 0.29) is 5.91 Å². The van der Waals surface area contributed by atoms with Gasteiger partial charge in [0.1, 0.15) is 0 Å². The fourth-order valence-corrected chi connectivity index (χ4v) is 2.20. The van der Waals surface area contributed by atoms with Gasteiger partial charge in [-0.2, -0.15) is 0 Å². The van der Waals surface area contributed by atoms with Crippen LogP contribution in [0.1, 0.15) is 58.3 Å². The summed E-state index contributed by atoms with van der Waals surface area (Å²) in [4.78, 5) is 11.3. The number of quaternary nitrogens is 1. The van der Waals surface area contributed by atoms with Crippen molar-refractivity contribution in [2.45, 2.75) is 58.3 Å². The number of carbonyl (C=O) groups is 1. The molecular formula is C12H23NO2. The van der Waals surface area contributed by atoms with Crippen LogP contribution in [0.2, 0.25) is 0 Å². The Morgan fingerprint density at radius 3 is 2.47 bits per heavy atom. The molecule has 1 saturated heterocycles. The van der Waals surface area contributed by atoms with E-state index in [1.54, 1.807) is 0 Å². The molecule has 0 aromatic carbocycles. The monoisotopic (exact) mass is 213 g/mol. The number of hydrogen-bond donors (Lipinski definition) is 0. The highest BCUT2D eigenvalue weighted by molar-refractivity contribution is 5.70. The van der Waals surface area contributed by atoms with Gasteiger partial charge in [0.15, 0.2) is 0 Å². The number of likely N-dealkylation sites (tertiary alicyclic amines) is 1. The summed E-state index contributed by atoms with van der Waals surface area (Å²) in [7, 11) is 0. The first-order valence-electron chi connectivity index (χ1n) is 6.30. The smallest absolute Gasteiger partial charge is 0.313 e. The molecule has 0 aromatic rings. The van der Waals surface area contributed by atoms with Crippen LogP contribution in [0.5, 0.6) is 0 Å². The summed E-state index contributed by atoms with van der Waals surface area (Å²) < 4.78 is -0.534. The van der Waals surface area contributed by atoms with Crippen LogP contribution in [0, 0.1) is 5.21 Å². The minimum atomic E-state index is -0.534. The lowest BCUT2D eigenvalue weighted by Crippen LogP contribution is -2.43. The van der Waals surface area contributed by atoms with Crippen LogP contribution in [0.25, 0.3) is 0 Å². The van der Waals surface area contributed by atoms with Gasteiger partial charge in [-0.15, -0.1) is 0 Å². The van der Waals surface area contributed by atoms with E-state index in [1.807, 2.05) is 0 Å². The highest BCUT2D eigenvalue weighted by atomic mass is 16.6. The van der Waals surface area contributed by atoms with E-state index in [9.17, 15) is 10.0 Å². The van der Waals surface area contributed by atoms with Gasteiger partial charge in [-0.05, 0) is 12.8 Å². The molecule has 0 spiro atoms. The van der Waals surface area contributed by atoms with Crippen molar-refractivity contribution < 1.29 is 9.44 Å². The van der Waals surface area contributed by atoms with Gasteiger partial charge in [0.05, 0.1) is 19.5 Å². The molecule has 1 fully saturated rings. The van der Waals surface area contributed by atoms with E-state index >= 15 is 0 Å². The number of carbonyl (C=O) groups excluding carboxylic acids is 1. The van der Waals surface area contributed by atoms with Crippen molar-refractivity contribution in [2.24, 2.45) is 0 Å². The Morgan fingerprint density at radius 2 is 1.87 bits per heavy atom. The molecule has 88 valence electrons. The van der Waals surface area contributed by atoms with Crippen LogP contribution in [-0.2, 0) is 4.79 Å². The van der Waals surface area contributed by atoms with E-state index in [2.05, 4.69) is 6.92 Å². The topological polar surface area (TPSA) is 40.1 Å². The molecule has 1 amide bonds. The third kappa shape index (κ3) is 3.92. The number of amides is 1. The molecule has 0 saturated carbocycles. The Labute approximate surface area is 92.6 Å². The van der Waals surface area contributed by atoms with Gasteiger partial charge in [0.25, 0.3) is 0 Å². The first-order chi connectivity index (χ1) is 7.19. The highest BCUT2D eigenvalue weighted by Gasteiger charge is 2.32. The minimum Gasteiger partial charge on any atom is -0.625 e. The maximum atomic E-state index is 11.9. The largest absolute Gasteiger partial charge is 0.625 e. The summed E-state index contributed by atoms with van der Waals surface area (Å²) in [6, 6.07) is 0. The maximum absolute atomic E-state index is 11.9. The molecule has 1 aliphatic heterocycles. The average molecular weight is 213 g/mol. The van der Waals surface area contributed by atoms with Crippen LogP contribution < -0.4 is 0 Å². The molecule has 15 heavy (non-hydrogen) atoms. The van der Waals surface area contributed by atoms with Gasteiger partial charge >= 0.3 is 5.91 Å². The molecule has 0 aromatic heterocycles. The lowest BCUT2D eigenvalue weighted by atomic mass is 10.1. The third-order valence-corrected chi connectivity index (χ3v) is 3.24. The van der Waals surface area contributed by atoms with E-state index in [4.69, 9.17) is 0 Å². The molecular weight excluding hydrogens is 190 g/mol. The second kappa shape index (κ2) is 6.23. The van der Waals surface area contributed by atoms with E-state index in [1.165, 1.54) is 25.7 Å². The normalized spacial score (nSPS) is 26.1. The zero-order valence-corrected chi connectivity index (χ0v) is 9.83. The Morgan fingerprint density at radius 1 is 1.20 bits per heavy atom. The molecule has 3 nitrogen and oxygen atoms in total. The zero-order chi connectivity index (χ0) is 11.1. The van der Waals surface area contributed by atoms with Crippen molar-refractivity contribution in [3.63, 3.8) is 0 Å². The SMILES string of the molecule is CCCCCCCC[N+]1([O-])CCCC1=O. The van der Waals surface area contributed by atoms with Crippen LogP contribution >= 0.6 is 0 Å². The van der Waals surface area contributed by atoms with Gasteiger partial charge < -0.3 is 5.21 Å². The van der Waals surface area contributed by atoms with Crippen molar-refractivity contribution in [1.29, 1.82) is 0 Å². The van der Waals surface area contributed by atoms with E-state index < -0.39 is 4.65 Å². The second-order valence-electron chi connectivity index (χ2n) is 4.60. The Bertz CT molecular complexity index is 206. The van der Waals surface area contributed by atoms with Gasteiger partial charge in [-0.25, -0.2) is 4.79 Å². The predicted molar refractivity (Wildman–Crippen MR) is 61.0 cm³/mol. The van der Waals surface area contributed by atoms with E-state index in [0.717, 1.165) is 19.3 Å². The zero-order valence-electron chi connectivity index (χ0n) is 9.83. The molecule has 1 aliphatic rings. The molecule has 3 heteroatoms. The van der Waals surface area contributed by atoms with Crippen molar-refractivity contribution in [3.8, 4) is 0 Å². The quantitative estimate of drug-likeness (QED) is 0.370. The lowest BCUT2D eigenvalue weighted by Gasteiger charge is -2.35. The summed E-state index contributed by atoms with van der Waals surface area (Å²) >= 11 is 0. The van der Waals surface area contributed by atoms with Gasteiger partial charge in [0, 0.05) is 6.42 Å². The Balaban J connectivity index is 2.06. The summed E-state index contributed by atoms with van der Waals surface area (Å²) in [5, 5.41) is 11.9. The second-order valence-corrected chi connectivity index (χ2v) is 4.60. The molecule has 0 bridgehead atoms. The van der Waals surface area contributed by atoms with Crippen LogP contribution in [0.4, 0.5) is 0 Å². The highest BCUT2D eigenvalue weighted by Crippen LogP contribution is 2.20. The minimum absolute atomic E-state index is 0.0939. The number of unbranched alkanes of at least 4 members (excludes halogenated alkanes) is 5. The molecule has 1 heterocycles. The summed E-state index contributed by atoms with van der Waals surface area (Å²) in [6.07, 6.45) is 8.33. The Kier molecular flexibility index (Phi) is 5.26. The average Bonchev–Trinajstić information content (AvgIpc) is 2.54. The van der Waals surface area contributed by atoms with Crippen molar-refractivity contribution in [2.75, 3.05) is 13.1 Å². The Hall–Kier alpha value is -0.410. The third-order valence-electron chi connectivity index (χ3n) is 3.24.